The summed E-state index contributed by atoms with van der Waals surface area (Å²) in [4.78, 5) is 11.0. The molecule has 0 aliphatic heterocycles. The van der Waals surface area contributed by atoms with Crippen LogP contribution in [0.2, 0.25) is 0 Å². The minimum Gasteiger partial charge on any atom is -0.479 e. The second-order valence-electron chi connectivity index (χ2n) is 3.54. The number of alkyl halides is 2. The van der Waals surface area contributed by atoms with Gasteiger partial charge in [0.15, 0.2) is 6.10 Å². The summed E-state index contributed by atoms with van der Waals surface area (Å²) >= 11 is 0. The molecule has 0 bridgehead atoms. The standard InChI is InChI=1S/C12H14F2O4/c1-2-7-17-10(11(15)16)8-3-5-9(6-4-8)18-12(13)14/h3-6,10,12H,2,7H2,1H3,(H,15,16). The Morgan fingerprint density at radius 2 is 1.94 bits per heavy atom. The molecule has 0 heterocycles. The summed E-state index contributed by atoms with van der Waals surface area (Å²) in [7, 11) is 0. The maximum Gasteiger partial charge on any atom is 0.387 e. The first kappa shape index (κ1) is 14.4. The van der Waals surface area contributed by atoms with E-state index >= 15 is 0 Å². The van der Waals surface area contributed by atoms with Gasteiger partial charge < -0.3 is 14.6 Å². The van der Waals surface area contributed by atoms with E-state index in [4.69, 9.17) is 9.84 Å². The highest BCUT2D eigenvalue weighted by atomic mass is 19.3. The van der Waals surface area contributed by atoms with Crippen molar-refractivity contribution in [1.29, 1.82) is 0 Å². The lowest BCUT2D eigenvalue weighted by molar-refractivity contribution is -0.150. The fraction of sp³-hybridized carbons (Fsp3) is 0.417. The van der Waals surface area contributed by atoms with Crippen LogP contribution in [-0.2, 0) is 9.53 Å². The molecule has 100 valence electrons. The van der Waals surface area contributed by atoms with E-state index in [-0.39, 0.29) is 5.75 Å². The molecule has 18 heavy (non-hydrogen) atoms. The Balaban J connectivity index is 2.77. The second-order valence-corrected chi connectivity index (χ2v) is 3.54. The molecule has 0 spiro atoms. The normalized spacial score (nSPS) is 12.4. The summed E-state index contributed by atoms with van der Waals surface area (Å²) in [6.45, 7) is -0.729. The van der Waals surface area contributed by atoms with Crippen molar-refractivity contribution in [2.45, 2.75) is 26.1 Å². The van der Waals surface area contributed by atoms with Gasteiger partial charge in [0.05, 0.1) is 0 Å². The van der Waals surface area contributed by atoms with Crippen molar-refractivity contribution in [3.8, 4) is 5.75 Å². The number of benzene rings is 1. The number of carboxylic acids is 1. The molecule has 6 heteroatoms. The fourth-order valence-corrected chi connectivity index (χ4v) is 1.37. The minimum absolute atomic E-state index is 0.0200. The number of hydrogen-bond acceptors (Lipinski definition) is 3. The summed E-state index contributed by atoms with van der Waals surface area (Å²) in [6.07, 6.45) is -0.401. The van der Waals surface area contributed by atoms with Gasteiger partial charge in [0, 0.05) is 6.61 Å². The first-order valence-electron chi connectivity index (χ1n) is 5.43. The van der Waals surface area contributed by atoms with Gasteiger partial charge in [-0.05, 0) is 24.1 Å². The lowest BCUT2D eigenvalue weighted by atomic mass is 10.1. The van der Waals surface area contributed by atoms with Crippen LogP contribution in [0.4, 0.5) is 8.78 Å². The maximum atomic E-state index is 11.9. The van der Waals surface area contributed by atoms with Crippen molar-refractivity contribution < 1.29 is 28.2 Å². The summed E-state index contributed by atoms with van der Waals surface area (Å²) in [5, 5.41) is 8.99. The van der Waals surface area contributed by atoms with Crippen LogP contribution in [0.25, 0.3) is 0 Å². The fourth-order valence-electron chi connectivity index (χ4n) is 1.37. The van der Waals surface area contributed by atoms with Gasteiger partial charge in [-0.2, -0.15) is 8.78 Å². The SMILES string of the molecule is CCCOC(C(=O)O)c1ccc(OC(F)F)cc1. The van der Waals surface area contributed by atoms with Gasteiger partial charge >= 0.3 is 12.6 Å². The zero-order valence-corrected chi connectivity index (χ0v) is 9.81. The predicted molar refractivity (Wildman–Crippen MR) is 59.7 cm³/mol. The number of ether oxygens (including phenoxy) is 2. The van der Waals surface area contributed by atoms with Crippen LogP contribution in [0.3, 0.4) is 0 Å². The van der Waals surface area contributed by atoms with Crippen LogP contribution >= 0.6 is 0 Å². The van der Waals surface area contributed by atoms with E-state index in [1.165, 1.54) is 24.3 Å². The molecule has 0 saturated carbocycles. The average Bonchev–Trinajstić information content (AvgIpc) is 2.30. The summed E-state index contributed by atoms with van der Waals surface area (Å²) in [5.74, 6) is -1.14. The molecular formula is C12H14F2O4. The van der Waals surface area contributed by atoms with Crippen molar-refractivity contribution in [3.05, 3.63) is 29.8 Å². The molecule has 1 atom stereocenters. The van der Waals surface area contributed by atoms with Gasteiger partial charge in [0.2, 0.25) is 0 Å². The van der Waals surface area contributed by atoms with Crippen LogP contribution in [0.15, 0.2) is 24.3 Å². The van der Waals surface area contributed by atoms with Crippen molar-refractivity contribution in [2.75, 3.05) is 6.61 Å². The van der Waals surface area contributed by atoms with Crippen LogP contribution in [0.5, 0.6) is 5.75 Å². The van der Waals surface area contributed by atoms with Gasteiger partial charge in [-0.15, -0.1) is 0 Å². The smallest absolute Gasteiger partial charge is 0.387 e. The minimum atomic E-state index is -2.90. The molecule has 0 saturated heterocycles. The quantitative estimate of drug-likeness (QED) is 0.819. The van der Waals surface area contributed by atoms with Crippen LogP contribution in [0, 0.1) is 0 Å². The van der Waals surface area contributed by atoms with Crippen LogP contribution in [0.1, 0.15) is 25.0 Å². The van der Waals surface area contributed by atoms with E-state index in [2.05, 4.69) is 4.74 Å². The molecule has 0 aliphatic rings. The Hall–Kier alpha value is -1.69. The summed E-state index contributed by atoms with van der Waals surface area (Å²) in [5.41, 5.74) is 0.387. The summed E-state index contributed by atoms with van der Waals surface area (Å²) in [6, 6.07) is 5.36. The van der Waals surface area contributed by atoms with Crippen molar-refractivity contribution in [3.63, 3.8) is 0 Å². The van der Waals surface area contributed by atoms with Crippen LogP contribution in [-0.4, -0.2) is 24.3 Å². The first-order valence-corrected chi connectivity index (χ1v) is 5.43. The van der Waals surface area contributed by atoms with E-state index in [1.807, 2.05) is 6.92 Å². The van der Waals surface area contributed by atoms with E-state index in [0.717, 1.165) is 0 Å². The second kappa shape index (κ2) is 6.90. The molecule has 1 rings (SSSR count). The van der Waals surface area contributed by atoms with Crippen molar-refractivity contribution in [1.82, 2.24) is 0 Å². The number of carbonyl (C=O) groups is 1. The Labute approximate surface area is 103 Å². The molecule has 1 aromatic carbocycles. The number of halogens is 2. The Morgan fingerprint density at radius 3 is 2.39 bits per heavy atom. The van der Waals surface area contributed by atoms with Gasteiger partial charge in [-0.3, -0.25) is 0 Å². The maximum absolute atomic E-state index is 11.9. The van der Waals surface area contributed by atoms with Gasteiger partial charge in [0.25, 0.3) is 0 Å². The number of hydrogen-bond donors (Lipinski definition) is 1. The molecule has 0 radical (unpaired) electrons. The third kappa shape index (κ3) is 4.29. The van der Waals surface area contributed by atoms with E-state index in [0.29, 0.717) is 18.6 Å². The molecule has 0 aliphatic carbocycles. The molecule has 4 nitrogen and oxygen atoms in total. The number of rotatable bonds is 7. The Kier molecular flexibility index (Phi) is 5.51. The zero-order chi connectivity index (χ0) is 13.5. The van der Waals surface area contributed by atoms with E-state index in [1.54, 1.807) is 0 Å². The lowest BCUT2D eigenvalue weighted by Crippen LogP contribution is -2.15. The first-order chi connectivity index (χ1) is 8.54. The monoisotopic (exact) mass is 260 g/mol. The summed E-state index contributed by atoms with van der Waals surface area (Å²) < 4.78 is 33.2. The molecule has 0 amide bonds. The largest absolute Gasteiger partial charge is 0.479 e. The lowest BCUT2D eigenvalue weighted by Gasteiger charge is -2.14. The highest BCUT2D eigenvalue weighted by Crippen LogP contribution is 2.22. The molecule has 1 aromatic rings. The third-order valence-electron chi connectivity index (χ3n) is 2.12. The predicted octanol–water partition coefficient (Wildman–Crippen LogP) is 2.84. The van der Waals surface area contributed by atoms with E-state index < -0.39 is 18.7 Å². The van der Waals surface area contributed by atoms with Crippen LogP contribution < -0.4 is 4.74 Å². The van der Waals surface area contributed by atoms with Gasteiger partial charge in [-0.1, -0.05) is 19.1 Å². The molecule has 0 aromatic heterocycles. The highest BCUT2D eigenvalue weighted by Gasteiger charge is 2.20. The Bertz CT molecular complexity index is 378. The Morgan fingerprint density at radius 1 is 1.33 bits per heavy atom. The molecule has 1 N–H and O–H groups in total. The highest BCUT2D eigenvalue weighted by molar-refractivity contribution is 5.74. The van der Waals surface area contributed by atoms with Gasteiger partial charge in [0.1, 0.15) is 5.75 Å². The zero-order valence-electron chi connectivity index (χ0n) is 9.81. The molecule has 1 unspecified atom stereocenters. The van der Waals surface area contributed by atoms with Crippen molar-refractivity contribution in [2.24, 2.45) is 0 Å². The average molecular weight is 260 g/mol. The topological polar surface area (TPSA) is 55.8 Å². The van der Waals surface area contributed by atoms with Crippen molar-refractivity contribution >= 4 is 5.97 Å². The number of aliphatic carboxylic acids is 1. The third-order valence-corrected chi connectivity index (χ3v) is 2.12. The molecule has 0 fully saturated rings. The molecular weight excluding hydrogens is 246 g/mol. The van der Waals surface area contributed by atoms with Gasteiger partial charge in [-0.25, -0.2) is 4.79 Å². The number of carboxylic acid groups (broad SMARTS) is 1. The van der Waals surface area contributed by atoms with E-state index in [9.17, 15) is 13.6 Å².